The number of carbonyl (C=O) groups excluding carboxylic acids is 2. The molecule has 0 aliphatic rings. The predicted octanol–water partition coefficient (Wildman–Crippen LogP) is 2.39. The minimum absolute atomic E-state index is 0.0300. The second-order valence-electron chi connectivity index (χ2n) is 5.12. The molecule has 0 heterocycles. The molecule has 0 aromatic heterocycles. The van der Waals surface area contributed by atoms with Crippen LogP contribution in [0.5, 0.6) is 0 Å². The smallest absolute Gasteiger partial charge is 0.305 e. The summed E-state index contributed by atoms with van der Waals surface area (Å²) in [5.74, 6) is -1.52. The summed E-state index contributed by atoms with van der Waals surface area (Å²) in [5.41, 5.74) is 0.708. The Bertz CT molecular complexity index is 546. The van der Waals surface area contributed by atoms with Gasteiger partial charge < -0.3 is 15.7 Å². The number of hydrogen-bond acceptors (Lipinski definition) is 3. The molecule has 3 N–H and O–H groups in total. The van der Waals surface area contributed by atoms with Gasteiger partial charge in [-0.1, -0.05) is 35.0 Å². The lowest BCUT2D eigenvalue weighted by Crippen LogP contribution is -2.32. The van der Waals surface area contributed by atoms with Crippen LogP contribution in [0.15, 0.2) is 28.7 Å². The van der Waals surface area contributed by atoms with Gasteiger partial charge in [-0.25, -0.2) is 0 Å². The van der Waals surface area contributed by atoms with Gasteiger partial charge in [0.25, 0.3) is 0 Å². The van der Waals surface area contributed by atoms with E-state index < -0.39 is 12.0 Å². The molecule has 1 atom stereocenters. The van der Waals surface area contributed by atoms with Gasteiger partial charge in [0.1, 0.15) is 0 Å². The van der Waals surface area contributed by atoms with Crippen LogP contribution in [0.2, 0.25) is 0 Å². The number of carboxylic acids is 1. The molecule has 7 heteroatoms. The van der Waals surface area contributed by atoms with Crippen molar-refractivity contribution >= 4 is 33.7 Å². The van der Waals surface area contributed by atoms with Crippen molar-refractivity contribution in [2.45, 2.75) is 38.6 Å². The first-order valence-corrected chi connectivity index (χ1v) is 8.25. The molecule has 1 aromatic carbocycles. The Kier molecular flexibility index (Phi) is 8.32. The van der Waals surface area contributed by atoms with E-state index in [1.807, 2.05) is 6.92 Å². The lowest BCUT2D eigenvalue weighted by Gasteiger charge is -2.17. The van der Waals surface area contributed by atoms with Gasteiger partial charge >= 0.3 is 5.97 Å². The summed E-state index contributed by atoms with van der Waals surface area (Å²) in [5, 5.41) is 14.4. The van der Waals surface area contributed by atoms with Gasteiger partial charge in [0.15, 0.2) is 0 Å². The summed E-state index contributed by atoms with van der Waals surface area (Å²) in [6.45, 7) is 2.53. The quantitative estimate of drug-likeness (QED) is 0.608. The first kappa shape index (κ1) is 19.2. The van der Waals surface area contributed by atoms with Gasteiger partial charge in [-0.05, 0) is 24.1 Å². The van der Waals surface area contributed by atoms with Gasteiger partial charge in [-0.2, -0.15) is 0 Å². The summed E-state index contributed by atoms with van der Waals surface area (Å²) >= 11 is 3.31. The number of nitrogens with one attached hydrogen (secondary N) is 2. The van der Waals surface area contributed by atoms with Gasteiger partial charge in [0.05, 0.1) is 12.5 Å². The third-order valence-corrected chi connectivity index (χ3v) is 3.67. The molecule has 0 aliphatic carbocycles. The molecule has 1 unspecified atom stereocenters. The van der Waals surface area contributed by atoms with E-state index in [4.69, 9.17) is 5.11 Å². The molecule has 0 saturated heterocycles. The number of hydrogen-bond donors (Lipinski definition) is 3. The Balaban J connectivity index is 2.59. The van der Waals surface area contributed by atoms with E-state index in [1.54, 1.807) is 24.3 Å². The highest BCUT2D eigenvalue weighted by molar-refractivity contribution is 9.10. The van der Waals surface area contributed by atoms with E-state index >= 15 is 0 Å². The highest BCUT2D eigenvalue weighted by Crippen LogP contribution is 2.20. The van der Waals surface area contributed by atoms with Crippen LogP contribution in [0.3, 0.4) is 0 Å². The van der Waals surface area contributed by atoms with Crippen molar-refractivity contribution in [2.75, 3.05) is 6.54 Å². The fraction of sp³-hybridized carbons (Fsp3) is 0.438. The number of rotatable bonds is 9. The number of aliphatic carboxylic acids is 1. The second-order valence-corrected chi connectivity index (χ2v) is 6.04. The lowest BCUT2D eigenvalue weighted by molar-refractivity contribution is -0.138. The Morgan fingerprint density at radius 3 is 2.30 bits per heavy atom. The molecule has 0 aliphatic heterocycles. The molecule has 126 valence electrons. The third-order valence-electron chi connectivity index (χ3n) is 3.14. The van der Waals surface area contributed by atoms with Crippen molar-refractivity contribution in [2.24, 2.45) is 0 Å². The van der Waals surface area contributed by atoms with Crippen molar-refractivity contribution in [1.82, 2.24) is 10.6 Å². The van der Waals surface area contributed by atoms with Crippen molar-refractivity contribution in [3.63, 3.8) is 0 Å². The number of halogens is 1. The molecule has 6 nitrogen and oxygen atoms in total. The van der Waals surface area contributed by atoms with Crippen LogP contribution in [0.1, 0.15) is 44.2 Å². The van der Waals surface area contributed by atoms with Crippen LogP contribution in [0.25, 0.3) is 0 Å². The molecule has 1 rings (SSSR count). The number of carbonyl (C=O) groups is 3. The molecule has 2 amide bonds. The third kappa shape index (κ3) is 7.78. The molecule has 23 heavy (non-hydrogen) atoms. The lowest BCUT2D eigenvalue weighted by atomic mass is 10.0. The Labute approximate surface area is 143 Å². The maximum Gasteiger partial charge on any atom is 0.305 e. The normalized spacial score (nSPS) is 11.6. The summed E-state index contributed by atoms with van der Waals surface area (Å²) in [7, 11) is 0. The SMILES string of the molecule is CCCNC(=O)CCC(=O)NC(CC(=O)O)c1ccc(Br)cc1. The van der Waals surface area contributed by atoms with E-state index in [-0.39, 0.29) is 31.1 Å². The average Bonchev–Trinajstić information content (AvgIpc) is 2.50. The van der Waals surface area contributed by atoms with Crippen molar-refractivity contribution in [1.29, 1.82) is 0 Å². The molecule has 0 saturated carbocycles. The van der Waals surface area contributed by atoms with Crippen LogP contribution in [0.4, 0.5) is 0 Å². The van der Waals surface area contributed by atoms with E-state index in [1.165, 1.54) is 0 Å². The highest BCUT2D eigenvalue weighted by atomic mass is 79.9. The summed E-state index contributed by atoms with van der Waals surface area (Å²) in [6, 6.07) is 6.47. The van der Waals surface area contributed by atoms with Gasteiger partial charge in [-0.3, -0.25) is 14.4 Å². The van der Waals surface area contributed by atoms with Gasteiger partial charge in [0.2, 0.25) is 11.8 Å². The van der Waals surface area contributed by atoms with Gasteiger partial charge in [-0.15, -0.1) is 0 Å². The molecule has 1 aromatic rings. The molecule has 0 bridgehead atoms. The first-order chi connectivity index (χ1) is 10.9. The molecular formula is C16H21BrN2O4. The predicted molar refractivity (Wildman–Crippen MR) is 89.8 cm³/mol. The van der Waals surface area contributed by atoms with Crippen LogP contribution >= 0.6 is 15.9 Å². The molecule has 0 spiro atoms. The fourth-order valence-corrected chi connectivity index (χ4v) is 2.23. The monoisotopic (exact) mass is 384 g/mol. The molecular weight excluding hydrogens is 364 g/mol. The highest BCUT2D eigenvalue weighted by Gasteiger charge is 2.18. The van der Waals surface area contributed by atoms with Gasteiger partial charge in [0, 0.05) is 23.9 Å². The summed E-state index contributed by atoms with van der Waals surface area (Å²) in [4.78, 5) is 34.4. The van der Waals surface area contributed by atoms with E-state index in [0.29, 0.717) is 12.1 Å². The second kappa shape index (κ2) is 9.99. The zero-order valence-corrected chi connectivity index (χ0v) is 14.6. The molecule has 0 fully saturated rings. The van der Waals surface area contributed by atoms with Crippen LogP contribution in [-0.4, -0.2) is 29.4 Å². The van der Waals surface area contributed by atoms with Crippen molar-refractivity contribution in [3.8, 4) is 0 Å². The fourth-order valence-electron chi connectivity index (χ4n) is 1.97. The Hall–Kier alpha value is -1.89. The minimum atomic E-state index is -1.00. The minimum Gasteiger partial charge on any atom is -0.481 e. The summed E-state index contributed by atoms with van der Waals surface area (Å²) < 4.78 is 0.870. The largest absolute Gasteiger partial charge is 0.481 e. The maximum atomic E-state index is 12.0. The van der Waals surface area contributed by atoms with Crippen LogP contribution < -0.4 is 10.6 Å². The zero-order valence-electron chi connectivity index (χ0n) is 13.0. The van der Waals surface area contributed by atoms with E-state index in [0.717, 1.165) is 10.9 Å². The first-order valence-electron chi connectivity index (χ1n) is 7.45. The van der Waals surface area contributed by atoms with Crippen LogP contribution in [0, 0.1) is 0 Å². The summed E-state index contributed by atoms with van der Waals surface area (Å²) in [6.07, 6.45) is 0.742. The Morgan fingerprint density at radius 1 is 1.13 bits per heavy atom. The number of carboxylic acid groups (broad SMARTS) is 1. The van der Waals surface area contributed by atoms with Crippen molar-refractivity contribution < 1.29 is 19.5 Å². The van der Waals surface area contributed by atoms with Crippen molar-refractivity contribution in [3.05, 3.63) is 34.3 Å². The number of amides is 2. The Morgan fingerprint density at radius 2 is 1.74 bits per heavy atom. The number of benzene rings is 1. The maximum absolute atomic E-state index is 12.0. The van der Waals surface area contributed by atoms with E-state index in [2.05, 4.69) is 26.6 Å². The van der Waals surface area contributed by atoms with Crippen LogP contribution in [-0.2, 0) is 14.4 Å². The molecule has 0 radical (unpaired) electrons. The van der Waals surface area contributed by atoms with E-state index in [9.17, 15) is 14.4 Å². The zero-order chi connectivity index (χ0) is 17.2. The standard InChI is InChI=1S/C16H21BrN2O4/c1-2-9-18-14(20)7-8-15(21)19-13(10-16(22)23)11-3-5-12(17)6-4-11/h3-6,13H,2,7-10H2,1H3,(H,18,20)(H,19,21)(H,22,23). The topological polar surface area (TPSA) is 95.5 Å². The average molecular weight is 385 g/mol.